The van der Waals surface area contributed by atoms with Crippen LogP contribution in [-0.2, 0) is 14.2 Å². The van der Waals surface area contributed by atoms with E-state index in [1.807, 2.05) is 10.9 Å². The number of rotatable bonds is 9. The maximum absolute atomic E-state index is 6.09. The smallest absolute Gasteiger partial charge is 0.256 e. The monoisotopic (exact) mass is 468 g/mol. The molecule has 1 aliphatic heterocycles. The summed E-state index contributed by atoms with van der Waals surface area (Å²) in [5, 5.41) is 4.58. The van der Waals surface area contributed by atoms with Crippen LogP contribution >= 0.6 is 24.8 Å². The van der Waals surface area contributed by atoms with Crippen LogP contribution in [0.3, 0.4) is 0 Å². The first kappa shape index (κ1) is 27.3. The van der Waals surface area contributed by atoms with Crippen molar-refractivity contribution in [3.8, 4) is 5.88 Å². The molecule has 1 saturated carbocycles. The van der Waals surface area contributed by atoms with E-state index in [4.69, 9.17) is 24.7 Å². The number of hydrogen-bond donors (Lipinski definition) is 1. The van der Waals surface area contributed by atoms with Gasteiger partial charge in [0.2, 0.25) is 0 Å². The Morgan fingerprint density at radius 3 is 2.23 bits per heavy atom. The number of aromatic nitrogens is 2. The van der Waals surface area contributed by atoms with Gasteiger partial charge in [0.1, 0.15) is 12.3 Å². The minimum absolute atomic E-state index is 0. The molecule has 1 aromatic rings. The number of halogens is 2. The third-order valence-corrected chi connectivity index (χ3v) is 5.63. The molecule has 0 bridgehead atoms. The van der Waals surface area contributed by atoms with Crippen LogP contribution in [0.2, 0.25) is 0 Å². The summed E-state index contributed by atoms with van der Waals surface area (Å²) in [5.41, 5.74) is 6.69. The first-order valence-corrected chi connectivity index (χ1v) is 10.5. The third-order valence-electron chi connectivity index (χ3n) is 5.63. The van der Waals surface area contributed by atoms with E-state index in [2.05, 4.69) is 23.8 Å². The molecule has 8 nitrogen and oxygen atoms in total. The average molecular weight is 469 g/mol. The molecule has 2 fully saturated rings. The Labute approximate surface area is 192 Å². The van der Waals surface area contributed by atoms with Gasteiger partial charge in [-0.1, -0.05) is 0 Å². The van der Waals surface area contributed by atoms with Crippen molar-refractivity contribution in [2.24, 2.45) is 0 Å². The zero-order valence-corrected chi connectivity index (χ0v) is 20.0. The van der Waals surface area contributed by atoms with Gasteiger partial charge in [-0.15, -0.1) is 29.9 Å². The Hall–Kier alpha value is -0.770. The molecule has 1 saturated heterocycles. The van der Waals surface area contributed by atoms with Crippen LogP contribution in [0, 0.1) is 0 Å². The van der Waals surface area contributed by atoms with E-state index < -0.39 is 0 Å². The Morgan fingerprint density at radius 2 is 1.60 bits per heavy atom. The second kappa shape index (κ2) is 13.6. The normalized spacial score (nSPS) is 27.2. The zero-order valence-electron chi connectivity index (χ0n) is 18.3. The number of hydrogen-bond acceptors (Lipinski definition) is 7. The molecular weight excluding hydrogens is 431 g/mol. The fourth-order valence-corrected chi connectivity index (χ4v) is 4.33. The predicted octanol–water partition coefficient (Wildman–Crippen LogP) is 2.94. The van der Waals surface area contributed by atoms with Crippen LogP contribution in [0.5, 0.6) is 5.88 Å². The lowest BCUT2D eigenvalue weighted by Crippen LogP contribution is -2.51. The summed E-state index contributed by atoms with van der Waals surface area (Å²) in [6.07, 6.45) is 7.17. The number of nitrogens with zero attached hydrogens (tertiary/aromatic N) is 3. The molecule has 0 radical (unpaired) electrons. The Morgan fingerprint density at radius 1 is 1.00 bits per heavy atom. The van der Waals surface area contributed by atoms with Crippen LogP contribution in [0.1, 0.15) is 45.6 Å². The summed E-state index contributed by atoms with van der Waals surface area (Å²) in [6, 6.07) is 1.04. The summed E-state index contributed by atoms with van der Waals surface area (Å²) >= 11 is 0. The second-order valence-corrected chi connectivity index (χ2v) is 8.00. The fraction of sp³-hybridized carbons (Fsp3) is 0.850. The van der Waals surface area contributed by atoms with Gasteiger partial charge < -0.3 is 24.7 Å². The highest BCUT2D eigenvalue weighted by molar-refractivity contribution is 5.85. The molecule has 176 valence electrons. The molecule has 1 aliphatic carbocycles. The van der Waals surface area contributed by atoms with Crippen LogP contribution in [0.25, 0.3) is 0 Å². The van der Waals surface area contributed by atoms with Crippen molar-refractivity contribution < 1.29 is 18.9 Å². The predicted molar refractivity (Wildman–Crippen MR) is 122 cm³/mol. The first-order chi connectivity index (χ1) is 13.6. The van der Waals surface area contributed by atoms with Crippen molar-refractivity contribution in [3.63, 3.8) is 0 Å². The number of morpholine rings is 1. The zero-order chi connectivity index (χ0) is 19.9. The first-order valence-electron chi connectivity index (χ1n) is 10.5. The van der Waals surface area contributed by atoms with Crippen LogP contribution < -0.4 is 10.5 Å². The molecule has 0 amide bonds. The lowest BCUT2D eigenvalue weighted by atomic mass is 9.89. The number of methoxy groups -OCH3 is 1. The van der Waals surface area contributed by atoms with Gasteiger partial charge in [0.05, 0.1) is 44.3 Å². The number of anilines is 1. The van der Waals surface area contributed by atoms with Gasteiger partial charge in [0.15, 0.2) is 0 Å². The van der Waals surface area contributed by atoms with Crippen molar-refractivity contribution in [3.05, 3.63) is 6.20 Å². The molecule has 10 heteroatoms. The van der Waals surface area contributed by atoms with E-state index in [0.29, 0.717) is 62.3 Å². The van der Waals surface area contributed by atoms with Gasteiger partial charge >= 0.3 is 0 Å². The number of nitrogens with two attached hydrogens (primary N) is 1. The minimum atomic E-state index is 0. The summed E-state index contributed by atoms with van der Waals surface area (Å²) < 4.78 is 23.9. The molecular formula is C20H38Cl2N4O4. The van der Waals surface area contributed by atoms with Crippen LogP contribution in [0.4, 0.5) is 5.69 Å². The summed E-state index contributed by atoms with van der Waals surface area (Å²) in [5.74, 6) is 0.508. The van der Waals surface area contributed by atoms with E-state index in [0.717, 1.165) is 25.9 Å². The lowest BCUT2D eigenvalue weighted by Gasteiger charge is -2.42. The summed E-state index contributed by atoms with van der Waals surface area (Å²) in [6.45, 7) is 8.51. The summed E-state index contributed by atoms with van der Waals surface area (Å²) in [7, 11) is 1.66. The highest BCUT2D eigenvalue weighted by atomic mass is 35.5. The average Bonchev–Trinajstić information content (AvgIpc) is 3.04. The molecule has 3 rings (SSSR count). The molecule has 2 heterocycles. The molecule has 2 atom stereocenters. The topological polar surface area (TPSA) is 84.0 Å². The molecule has 30 heavy (non-hydrogen) atoms. The van der Waals surface area contributed by atoms with E-state index in [-0.39, 0.29) is 24.8 Å². The number of nitrogen functional groups attached to an aromatic ring is 1. The van der Waals surface area contributed by atoms with Gasteiger partial charge in [-0.2, -0.15) is 0 Å². The van der Waals surface area contributed by atoms with Gasteiger partial charge in [0.25, 0.3) is 5.88 Å². The Bertz CT molecular complexity index is 589. The molecule has 1 aromatic heterocycles. The minimum Gasteiger partial charge on any atom is -0.473 e. The second-order valence-electron chi connectivity index (χ2n) is 8.00. The molecule has 0 aromatic carbocycles. The standard InChI is InChI=1S/C20H36N4O4.2ClH/c1-15-12-23(13-16(2)28-15)17-4-6-18(7-5-17)24-14-19(21)20(22-24)27-11-10-26-9-8-25-3;;/h14-18H,4-13,21H2,1-3H3;2*1H/t15-,16+,17?,18?;;. The van der Waals surface area contributed by atoms with Gasteiger partial charge in [-0.05, 0) is 39.5 Å². The van der Waals surface area contributed by atoms with Crippen molar-refractivity contribution in [2.75, 3.05) is 52.4 Å². The maximum Gasteiger partial charge on any atom is 0.256 e. The maximum atomic E-state index is 6.09. The van der Waals surface area contributed by atoms with Crippen molar-refractivity contribution >= 4 is 30.5 Å². The molecule has 0 spiro atoms. The molecule has 2 aliphatic rings. The third kappa shape index (κ3) is 7.73. The fourth-order valence-electron chi connectivity index (χ4n) is 4.33. The van der Waals surface area contributed by atoms with Crippen molar-refractivity contribution in [2.45, 2.75) is 63.8 Å². The SMILES string of the molecule is COCCOCCOc1nn(C2CCC(N3C[C@@H](C)O[C@@H](C)C3)CC2)cc1N.Cl.Cl. The Balaban J connectivity index is 0.00000225. The largest absolute Gasteiger partial charge is 0.473 e. The highest BCUT2D eigenvalue weighted by Gasteiger charge is 2.32. The van der Waals surface area contributed by atoms with Crippen LogP contribution in [0.15, 0.2) is 6.20 Å². The van der Waals surface area contributed by atoms with Crippen molar-refractivity contribution in [1.82, 2.24) is 14.7 Å². The molecule has 2 N–H and O–H groups in total. The van der Waals surface area contributed by atoms with E-state index in [9.17, 15) is 0 Å². The lowest BCUT2D eigenvalue weighted by molar-refractivity contribution is -0.0852. The van der Waals surface area contributed by atoms with Gasteiger partial charge in [-0.3, -0.25) is 9.58 Å². The highest BCUT2D eigenvalue weighted by Crippen LogP contribution is 2.33. The molecule has 0 unspecified atom stereocenters. The Kier molecular flexibility index (Phi) is 12.4. The van der Waals surface area contributed by atoms with E-state index in [1.54, 1.807) is 7.11 Å². The van der Waals surface area contributed by atoms with Crippen molar-refractivity contribution in [1.29, 1.82) is 0 Å². The van der Waals surface area contributed by atoms with Gasteiger partial charge in [-0.25, -0.2) is 0 Å². The summed E-state index contributed by atoms with van der Waals surface area (Å²) in [4.78, 5) is 2.62. The number of ether oxygens (including phenoxy) is 4. The van der Waals surface area contributed by atoms with Gasteiger partial charge in [0, 0.05) is 26.2 Å². The quantitative estimate of drug-likeness (QED) is 0.557. The van der Waals surface area contributed by atoms with E-state index >= 15 is 0 Å². The van der Waals surface area contributed by atoms with Crippen LogP contribution in [-0.4, -0.2) is 79.6 Å². The van der Waals surface area contributed by atoms with E-state index in [1.165, 1.54) is 12.8 Å².